The van der Waals surface area contributed by atoms with Crippen molar-refractivity contribution in [3.63, 3.8) is 0 Å². The van der Waals surface area contributed by atoms with Gasteiger partial charge >= 0.3 is 11.9 Å². The molecule has 0 unspecified atom stereocenters. The zero-order chi connectivity index (χ0) is 8.59. The van der Waals surface area contributed by atoms with Crippen LogP contribution in [-0.2, 0) is 9.59 Å². The van der Waals surface area contributed by atoms with Crippen molar-refractivity contribution in [3.8, 4) is 0 Å². The lowest BCUT2D eigenvalue weighted by molar-refractivity contribution is -0.134. The zero-order valence-corrected chi connectivity index (χ0v) is 5.57. The Morgan fingerprint density at radius 3 is 1.73 bits per heavy atom. The summed E-state index contributed by atoms with van der Waals surface area (Å²) in [5.74, 6) is -2.90. The molecule has 4 heteroatoms. The summed E-state index contributed by atoms with van der Waals surface area (Å²) in [5, 5.41) is 16.8. The molecule has 4 nitrogen and oxygen atoms in total. The molecule has 0 saturated heterocycles. The van der Waals surface area contributed by atoms with Crippen molar-refractivity contribution in [1.82, 2.24) is 0 Å². The molecule has 1 aliphatic rings. The standard InChI is InChI=1S/C7H6O4/c1-2-3-4(6(8)9)5(3)7(10)11/h2-3H,1H2,(H,8,9)(H,10,11). The van der Waals surface area contributed by atoms with E-state index in [0.717, 1.165) is 0 Å². The van der Waals surface area contributed by atoms with Crippen LogP contribution in [0.2, 0.25) is 0 Å². The van der Waals surface area contributed by atoms with E-state index in [9.17, 15) is 9.59 Å². The summed E-state index contributed by atoms with van der Waals surface area (Å²) in [6, 6.07) is 0. The van der Waals surface area contributed by atoms with Gasteiger partial charge in [-0.15, -0.1) is 6.58 Å². The molecule has 11 heavy (non-hydrogen) atoms. The molecule has 0 aromatic heterocycles. The van der Waals surface area contributed by atoms with Crippen LogP contribution in [0.5, 0.6) is 0 Å². The molecule has 1 aliphatic carbocycles. The molecule has 0 heterocycles. The van der Waals surface area contributed by atoms with E-state index in [2.05, 4.69) is 6.58 Å². The SMILES string of the molecule is C=CC1C(C(=O)O)=C1C(=O)O. The van der Waals surface area contributed by atoms with Crippen molar-refractivity contribution in [1.29, 1.82) is 0 Å². The molecule has 0 atom stereocenters. The van der Waals surface area contributed by atoms with E-state index in [4.69, 9.17) is 10.2 Å². The van der Waals surface area contributed by atoms with E-state index >= 15 is 0 Å². The van der Waals surface area contributed by atoms with Crippen LogP contribution in [0.4, 0.5) is 0 Å². The zero-order valence-electron chi connectivity index (χ0n) is 5.57. The second-order valence-electron chi connectivity index (χ2n) is 2.15. The highest BCUT2D eigenvalue weighted by Crippen LogP contribution is 2.40. The van der Waals surface area contributed by atoms with Crippen LogP contribution in [0.3, 0.4) is 0 Å². The van der Waals surface area contributed by atoms with Crippen LogP contribution in [0.15, 0.2) is 23.8 Å². The molecular formula is C7H6O4. The Hall–Kier alpha value is -1.58. The first-order valence-electron chi connectivity index (χ1n) is 2.92. The molecule has 0 spiro atoms. The summed E-state index contributed by atoms with van der Waals surface area (Å²) >= 11 is 0. The van der Waals surface area contributed by atoms with Gasteiger partial charge in [-0.1, -0.05) is 6.08 Å². The summed E-state index contributed by atoms with van der Waals surface area (Å²) in [4.78, 5) is 20.6. The Morgan fingerprint density at radius 1 is 1.27 bits per heavy atom. The van der Waals surface area contributed by atoms with E-state index < -0.39 is 17.9 Å². The Kier molecular flexibility index (Phi) is 1.53. The van der Waals surface area contributed by atoms with Crippen molar-refractivity contribution in [2.45, 2.75) is 0 Å². The van der Waals surface area contributed by atoms with E-state index in [1.807, 2.05) is 0 Å². The molecule has 0 saturated carbocycles. The van der Waals surface area contributed by atoms with Gasteiger partial charge in [-0.2, -0.15) is 0 Å². The van der Waals surface area contributed by atoms with Gasteiger partial charge in [0, 0.05) is 5.92 Å². The van der Waals surface area contributed by atoms with E-state index in [0.29, 0.717) is 0 Å². The molecule has 0 amide bonds. The first-order chi connectivity index (χ1) is 5.09. The van der Waals surface area contributed by atoms with Gasteiger partial charge in [-0.3, -0.25) is 0 Å². The van der Waals surface area contributed by atoms with E-state index in [1.54, 1.807) is 0 Å². The first kappa shape index (κ1) is 7.53. The minimum atomic E-state index is -1.17. The van der Waals surface area contributed by atoms with Crippen LogP contribution >= 0.6 is 0 Å². The van der Waals surface area contributed by atoms with Crippen molar-refractivity contribution >= 4 is 11.9 Å². The fourth-order valence-electron chi connectivity index (χ4n) is 0.972. The lowest BCUT2D eigenvalue weighted by atomic mass is 10.2. The van der Waals surface area contributed by atoms with Crippen LogP contribution < -0.4 is 0 Å². The number of hydrogen-bond acceptors (Lipinski definition) is 2. The summed E-state index contributed by atoms with van der Waals surface area (Å²) in [6.07, 6.45) is 1.31. The maximum Gasteiger partial charge on any atom is 0.333 e. The van der Waals surface area contributed by atoms with Gasteiger partial charge in [0.05, 0.1) is 11.1 Å². The van der Waals surface area contributed by atoms with Crippen molar-refractivity contribution < 1.29 is 19.8 Å². The van der Waals surface area contributed by atoms with Gasteiger partial charge < -0.3 is 10.2 Å². The van der Waals surface area contributed by atoms with Gasteiger partial charge in [-0.05, 0) is 0 Å². The number of aliphatic carboxylic acids is 2. The minimum absolute atomic E-state index is 0.0486. The lowest BCUT2D eigenvalue weighted by Crippen LogP contribution is -1.92. The van der Waals surface area contributed by atoms with Gasteiger partial charge in [-0.25, -0.2) is 9.59 Å². The molecular weight excluding hydrogens is 148 g/mol. The Morgan fingerprint density at radius 2 is 1.64 bits per heavy atom. The largest absolute Gasteiger partial charge is 0.478 e. The Bertz CT molecular complexity index is 250. The molecule has 2 N–H and O–H groups in total. The summed E-state index contributed by atoms with van der Waals surface area (Å²) in [5.41, 5.74) is -0.0972. The maximum atomic E-state index is 10.3. The number of allylic oxidation sites excluding steroid dienone is 1. The lowest BCUT2D eigenvalue weighted by Gasteiger charge is -1.83. The molecule has 0 aromatic carbocycles. The summed E-state index contributed by atoms with van der Waals surface area (Å²) < 4.78 is 0. The van der Waals surface area contributed by atoms with Crippen molar-refractivity contribution in [2.75, 3.05) is 0 Å². The fraction of sp³-hybridized carbons (Fsp3) is 0.143. The number of carboxylic acids is 2. The van der Waals surface area contributed by atoms with Gasteiger partial charge in [0.15, 0.2) is 0 Å². The topological polar surface area (TPSA) is 74.6 Å². The molecule has 0 aliphatic heterocycles. The van der Waals surface area contributed by atoms with Crippen molar-refractivity contribution in [3.05, 3.63) is 23.8 Å². The molecule has 0 bridgehead atoms. The van der Waals surface area contributed by atoms with E-state index in [-0.39, 0.29) is 11.1 Å². The summed E-state index contributed by atoms with van der Waals surface area (Å²) in [7, 11) is 0. The number of rotatable bonds is 3. The fourth-order valence-corrected chi connectivity index (χ4v) is 0.972. The van der Waals surface area contributed by atoms with Crippen molar-refractivity contribution in [2.24, 2.45) is 5.92 Å². The molecule has 0 aromatic rings. The average molecular weight is 154 g/mol. The molecule has 0 radical (unpaired) electrons. The number of carboxylic acid groups (broad SMARTS) is 2. The third-order valence-electron chi connectivity index (χ3n) is 1.53. The van der Waals surface area contributed by atoms with Crippen LogP contribution in [0.25, 0.3) is 0 Å². The second kappa shape index (κ2) is 2.23. The monoisotopic (exact) mass is 154 g/mol. The third kappa shape index (κ3) is 1.02. The highest BCUT2D eigenvalue weighted by Gasteiger charge is 2.43. The predicted molar refractivity (Wildman–Crippen MR) is 36.0 cm³/mol. The quantitative estimate of drug-likeness (QED) is 0.572. The number of hydrogen-bond donors (Lipinski definition) is 2. The third-order valence-corrected chi connectivity index (χ3v) is 1.53. The Labute approximate surface area is 62.5 Å². The van der Waals surface area contributed by atoms with Gasteiger partial charge in [0.25, 0.3) is 0 Å². The second-order valence-corrected chi connectivity index (χ2v) is 2.15. The first-order valence-corrected chi connectivity index (χ1v) is 2.92. The van der Waals surface area contributed by atoms with Crippen LogP contribution in [0.1, 0.15) is 0 Å². The maximum absolute atomic E-state index is 10.3. The summed E-state index contributed by atoms with van der Waals surface area (Å²) in [6.45, 7) is 3.32. The molecule has 0 fully saturated rings. The predicted octanol–water partition coefficient (Wildman–Crippen LogP) is 0.268. The van der Waals surface area contributed by atoms with Gasteiger partial charge in [0.1, 0.15) is 0 Å². The Balaban J connectivity index is 2.86. The molecule has 1 rings (SSSR count). The molecule has 58 valence electrons. The highest BCUT2D eigenvalue weighted by molar-refractivity contribution is 6.09. The highest BCUT2D eigenvalue weighted by atomic mass is 16.4. The minimum Gasteiger partial charge on any atom is -0.478 e. The smallest absolute Gasteiger partial charge is 0.333 e. The average Bonchev–Trinajstić information content (AvgIpc) is 2.59. The van der Waals surface area contributed by atoms with Crippen LogP contribution in [-0.4, -0.2) is 22.2 Å². The normalized spacial score (nSPS) is 16.4. The van der Waals surface area contributed by atoms with Gasteiger partial charge in [0.2, 0.25) is 0 Å². The van der Waals surface area contributed by atoms with Crippen LogP contribution in [0, 0.1) is 5.92 Å². The number of carbonyl (C=O) groups is 2. The van der Waals surface area contributed by atoms with E-state index in [1.165, 1.54) is 6.08 Å².